The highest BCUT2D eigenvalue weighted by Crippen LogP contribution is 2.47. The van der Waals surface area contributed by atoms with Crippen LogP contribution in [-0.2, 0) is 33.5 Å². The molecule has 3 aromatic rings. The van der Waals surface area contributed by atoms with E-state index in [2.05, 4.69) is 38.3 Å². The molecule has 1 aromatic heterocycles. The van der Waals surface area contributed by atoms with Crippen molar-refractivity contribution >= 4 is 39.0 Å². The van der Waals surface area contributed by atoms with Crippen molar-refractivity contribution in [2.45, 2.75) is 57.0 Å². The number of benzene rings is 2. The first-order valence-electron chi connectivity index (χ1n) is 17.3. The maximum atomic E-state index is 14.4. The number of carbonyl (C=O) groups is 2. The largest absolute Gasteiger partial charge is 0.490 e. The zero-order chi connectivity index (χ0) is 34.3. The Morgan fingerprint density at radius 2 is 2.04 bits per heavy atom. The number of hydrogen-bond donors (Lipinski definition) is 1. The first-order valence-corrected chi connectivity index (χ1v) is 19.3. The lowest BCUT2D eigenvalue weighted by molar-refractivity contribution is 0.0131. The molecule has 1 saturated carbocycles. The number of amides is 2. The van der Waals surface area contributed by atoms with E-state index in [1.165, 1.54) is 11.1 Å². The third kappa shape index (κ3) is 6.92. The van der Waals surface area contributed by atoms with Crippen LogP contribution in [0.5, 0.6) is 5.75 Å². The van der Waals surface area contributed by atoms with Crippen LogP contribution >= 0.6 is 11.6 Å². The number of nitrogens with one attached hydrogen (secondary N) is 1. The molecule has 2 aliphatic heterocycles. The van der Waals surface area contributed by atoms with E-state index >= 15 is 0 Å². The van der Waals surface area contributed by atoms with E-state index in [1.807, 2.05) is 25.1 Å². The summed E-state index contributed by atoms with van der Waals surface area (Å²) in [6, 6.07) is 13.2. The normalized spacial score (nSPS) is 30.5. The average Bonchev–Trinajstić information content (AvgIpc) is 3.43. The molecule has 1 fully saturated rings. The van der Waals surface area contributed by atoms with Crippen LogP contribution in [-0.4, -0.2) is 59.3 Å². The van der Waals surface area contributed by atoms with Gasteiger partial charge in [-0.05, 0) is 104 Å². The van der Waals surface area contributed by atoms with Crippen molar-refractivity contribution in [2.24, 2.45) is 29.2 Å². The lowest BCUT2D eigenvalue weighted by Crippen LogP contribution is -2.49. The number of methoxy groups -OCH3 is 1. The van der Waals surface area contributed by atoms with Gasteiger partial charge in [0.1, 0.15) is 15.7 Å². The molecule has 7 rings (SSSR count). The monoisotopic (exact) mass is 704 g/mol. The number of nitrogens with zero attached hydrogens (tertiary/aromatic N) is 3. The Balaban J connectivity index is 1.31. The Bertz CT molecular complexity index is 1910. The van der Waals surface area contributed by atoms with Crippen LogP contribution in [0.1, 0.15) is 70.9 Å². The van der Waals surface area contributed by atoms with Crippen molar-refractivity contribution < 1.29 is 23.3 Å². The fraction of sp³-hybridized carbons (Fsp3) is 0.474. The summed E-state index contributed by atoms with van der Waals surface area (Å²) >= 11 is 6.45. The van der Waals surface area contributed by atoms with Crippen molar-refractivity contribution in [3.05, 3.63) is 94.3 Å². The fourth-order valence-electron chi connectivity index (χ4n) is 8.21. The van der Waals surface area contributed by atoms with Crippen molar-refractivity contribution in [3.63, 3.8) is 0 Å². The first-order chi connectivity index (χ1) is 23.5. The summed E-state index contributed by atoms with van der Waals surface area (Å²) in [6.45, 7) is 3.98. The first kappa shape index (κ1) is 33.9. The van der Waals surface area contributed by atoms with Gasteiger partial charge in [0.2, 0.25) is 0 Å². The molecule has 2 amide bonds. The molecule has 2 bridgehead atoms. The molecule has 6 atom stereocenters. The Morgan fingerprint density at radius 3 is 2.80 bits per heavy atom. The molecule has 49 heavy (non-hydrogen) atoms. The number of allylic oxidation sites excluding steroid dienone is 1. The van der Waals surface area contributed by atoms with Gasteiger partial charge in [-0.3, -0.25) is 14.3 Å². The summed E-state index contributed by atoms with van der Waals surface area (Å²) < 4.78 is 35.8. The average molecular weight is 705 g/mol. The van der Waals surface area contributed by atoms with E-state index in [0.29, 0.717) is 41.7 Å². The van der Waals surface area contributed by atoms with Crippen molar-refractivity contribution in [1.29, 1.82) is 0 Å². The zero-order valence-corrected chi connectivity index (χ0v) is 30.0. The summed E-state index contributed by atoms with van der Waals surface area (Å²) in [5.41, 5.74) is 3.78. The minimum absolute atomic E-state index is 0.0253. The number of aryl methyl sites for hydroxylation is 2. The number of hydrogen-bond acceptors (Lipinski definition) is 6. The number of carbonyl (C=O) groups excluding carboxylic acids is 2. The molecule has 2 aliphatic carbocycles. The minimum atomic E-state index is -3.49. The SMILES string of the molecule is CO[C@H]1/C=C\C[C@H](C)CS(=O)(NC(=O)c2ccn(C)c2)=NC(=O)c2ccc3c(c2)N(C[C@@H]2CC[C@H]21)C[C@@]1(CCCc2cc(Cl)ccc21)CO3. The molecule has 0 saturated heterocycles. The highest BCUT2D eigenvalue weighted by Gasteiger charge is 2.44. The minimum Gasteiger partial charge on any atom is -0.490 e. The van der Waals surface area contributed by atoms with Gasteiger partial charge >= 0.3 is 0 Å². The van der Waals surface area contributed by atoms with Gasteiger partial charge in [-0.1, -0.05) is 36.7 Å². The highest BCUT2D eigenvalue weighted by molar-refractivity contribution is 7.92. The Morgan fingerprint density at radius 1 is 1.18 bits per heavy atom. The molecule has 2 aromatic carbocycles. The molecule has 0 radical (unpaired) electrons. The van der Waals surface area contributed by atoms with Gasteiger partial charge < -0.3 is 18.9 Å². The van der Waals surface area contributed by atoms with Crippen LogP contribution in [0, 0.1) is 17.8 Å². The second kappa shape index (κ2) is 13.6. The van der Waals surface area contributed by atoms with Crippen molar-refractivity contribution in [3.8, 4) is 5.75 Å². The van der Waals surface area contributed by atoms with E-state index < -0.39 is 21.7 Å². The Kier molecular flexibility index (Phi) is 9.41. The van der Waals surface area contributed by atoms with E-state index in [9.17, 15) is 13.8 Å². The number of halogens is 1. The van der Waals surface area contributed by atoms with Crippen LogP contribution in [0.25, 0.3) is 0 Å². The lowest BCUT2D eigenvalue weighted by Gasteiger charge is -2.46. The second-order valence-corrected chi connectivity index (χ2v) is 16.9. The molecule has 4 aliphatic rings. The number of ether oxygens (including phenoxy) is 2. The topological polar surface area (TPSA) is 102 Å². The lowest BCUT2D eigenvalue weighted by atomic mass is 9.68. The predicted octanol–water partition coefficient (Wildman–Crippen LogP) is 6.74. The molecule has 3 heterocycles. The standard InChI is InChI=1S/C38H45ClN4O5S/c1-25-6-4-8-34(47-3)31-12-9-28(31)21-43-23-38(16-5-7-26-18-30(39)11-13-32(26)38)24-48-35-14-10-27(19-33(35)43)36(44)40-49(46,22-25)41-37(45)29-15-17-42(2)20-29/h4,8,10-11,13-15,17-20,25,28,31,34H,5-7,9,12,16,21-24H2,1-3H3,(H,40,41,44,45,46)/b8-4-/t25-,28-,31+,34-,38-,49?/m0/s1. The van der Waals surface area contributed by atoms with E-state index in [1.54, 1.807) is 43.3 Å². The number of fused-ring (bicyclic) bond motifs is 4. The summed E-state index contributed by atoms with van der Waals surface area (Å²) in [5, 5.41) is 0.743. The summed E-state index contributed by atoms with van der Waals surface area (Å²) in [7, 11) is 0.0872. The summed E-state index contributed by atoms with van der Waals surface area (Å²) in [6.07, 6.45) is 13.3. The molecule has 1 unspecified atom stereocenters. The maximum absolute atomic E-state index is 14.4. The molecule has 1 N–H and O–H groups in total. The third-order valence-electron chi connectivity index (χ3n) is 10.9. The van der Waals surface area contributed by atoms with E-state index in [4.69, 9.17) is 21.1 Å². The second-order valence-electron chi connectivity index (χ2n) is 14.5. The van der Waals surface area contributed by atoms with Gasteiger partial charge in [-0.2, -0.15) is 0 Å². The number of anilines is 1. The van der Waals surface area contributed by atoms with Crippen molar-refractivity contribution in [2.75, 3.05) is 37.5 Å². The predicted molar refractivity (Wildman–Crippen MR) is 193 cm³/mol. The molecule has 11 heteroatoms. The van der Waals surface area contributed by atoms with Crippen molar-refractivity contribution in [1.82, 2.24) is 9.29 Å². The fourth-order valence-corrected chi connectivity index (χ4v) is 10.3. The molecular weight excluding hydrogens is 660 g/mol. The van der Waals surface area contributed by atoms with Gasteiger partial charge in [0.05, 0.1) is 29.7 Å². The third-order valence-corrected chi connectivity index (χ3v) is 13.1. The zero-order valence-electron chi connectivity index (χ0n) is 28.4. The van der Waals surface area contributed by atoms with Crippen LogP contribution in [0.3, 0.4) is 0 Å². The Hall–Kier alpha value is -3.60. The van der Waals surface area contributed by atoms with Gasteiger partial charge in [0.25, 0.3) is 11.8 Å². The van der Waals surface area contributed by atoms with Gasteiger partial charge in [0, 0.05) is 55.6 Å². The van der Waals surface area contributed by atoms with E-state index in [0.717, 1.165) is 55.9 Å². The maximum Gasteiger partial charge on any atom is 0.286 e. The van der Waals surface area contributed by atoms with Gasteiger partial charge in [0.15, 0.2) is 0 Å². The molecule has 9 nitrogen and oxygen atoms in total. The van der Waals surface area contributed by atoms with Crippen LogP contribution in [0.4, 0.5) is 5.69 Å². The van der Waals surface area contributed by atoms with E-state index in [-0.39, 0.29) is 23.2 Å². The molecular formula is C38H45ClN4O5S. The smallest absolute Gasteiger partial charge is 0.286 e. The van der Waals surface area contributed by atoms with Crippen LogP contribution < -0.4 is 14.4 Å². The summed E-state index contributed by atoms with van der Waals surface area (Å²) in [4.78, 5) is 29.5. The Labute approximate surface area is 294 Å². The van der Waals surface area contributed by atoms with Gasteiger partial charge in [-0.15, -0.1) is 4.36 Å². The quantitative estimate of drug-likeness (QED) is 0.303. The highest BCUT2D eigenvalue weighted by atomic mass is 35.5. The van der Waals surface area contributed by atoms with Crippen LogP contribution in [0.15, 0.2) is 71.4 Å². The molecule has 260 valence electrons. The van der Waals surface area contributed by atoms with Crippen LogP contribution in [0.2, 0.25) is 5.02 Å². The number of rotatable bonds is 3. The summed E-state index contributed by atoms with van der Waals surface area (Å²) in [5.74, 6) is 0.189. The molecule has 1 spiro atoms. The van der Waals surface area contributed by atoms with Gasteiger partial charge in [-0.25, -0.2) is 4.21 Å². The number of aromatic nitrogens is 1.